The number of ether oxygens (including phenoxy) is 1. The third-order valence-electron chi connectivity index (χ3n) is 4.22. The lowest BCUT2D eigenvalue weighted by Gasteiger charge is -2.22. The molecule has 8 nitrogen and oxygen atoms in total. The number of fused-ring (bicyclic) bond motifs is 2. The number of phenols is 2. The van der Waals surface area contributed by atoms with Crippen molar-refractivity contribution in [3.05, 3.63) is 52.6 Å². The van der Waals surface area contributed by atoms with Crippen LogP contribution < -0.4 is 11.1 Å². The molecule has 0 amide bonds. The molecule has 0 aromatic heterocycles. The van der Waals surface area contributed by atoms with Gasteiger partial charge in [-0.25, -0.2) is 0 Å². The van der Waals surface area contributed by atoms with Gasteiger partial charge in [0.15, 0.2) is 11.6 Å². The lowest BCUT2D eigenvalue weighted by Crippen LogP contribution is -2.23. The summed E-state index contributed by atoms with van der Waals surface area (Å²) in [6, 6.07) is 7.04. The van der Waals surface area contributed by atoms with E-state index in [2.05, 4.69) is 5.32 Å². The van der Waals surface area contributed by atoms with Crippen molar-refractivity contribution in [1.29, 1.82) is 0 Å². The maximum absolute atomic E-state index is 12.9. The zero-order valence-electron chi connectivity index (χ0n) is 14.3. The highest BCUT2D eigenvalue weighted by molar-refractivity contribution is 6.31. The minimum absolute atomic E-state index is 0.00736. The van der Waals surface area contributed by atoms with Crippen LogP contribution in [0.5, 0.6) is 11.5 Å². The molecule has 140 valence electrons. The normalized spacial score (nSPS) is 12.3. The Balaban J connectivity index is 1.87. The van der Waals surface area contributed by atoms with Gasteiger partial charge in [0.25, 0.3) is 0 Å². The van der Waals surface area contributed by atoms with E-state index < -0.39 is 17.5 Å². The first kappa shape index (κ1) is 18.4. The lowest BCUT2D eigenvalue weighted by atomic mass is 9.82. The first-order valence-corrected chi connectivity index (χ1v) is 8.32. The molecule has 2 aromatic rings. The minimum Gasteiger partial charge on any atom is -0.507 e. The maximum atomic E-state index is 12.9. The number of carbonyl (C=O) groups is 3. The zero-order chi connectivity index (χ0) is 19.6. The number of ketones is 2. The molecule has 8 heteroatoms. The number of nitrogens with two attached hydrogens (primary N) is 1. The molecule has 0 fully saturated rings. The van der Waals surface area contributed by atoms with E-state index in [1.807, 2.05) is 0 Å². The Morgan fingerprint density at radius 3 is 2.48 bits per heavy atom. The summed E-state index contributed by atoms with van der Waals surface area (Å²) in [4.78, 5) is 36.7. The topological polar surface area (TPSA) is 139 Å². The monoisotopic (exact) mass is 370 g/mol. The Kier molecular flexibility index (Phi) is 5.09. The first-order chi connectivity index (χ1) is 13.0. The number of carbonyl (C=O) groups excluding carboxylic acids is 3. The van der Waals surface area contributed by atoms with Crippen LogP contribution in [0.2, 0.25) is 0 Å². The standard InChI is InChI=1S/C19H18N2O6/c20-9-14(24)27-8-2-7-21-11-5-6-13(23)17-16(11)19(26)15-10(18(17)25)3-1-4-12(15)22/h1,3-6,21-23H,2,7-9,20H2. The van der Waals surface area contributed by atoms with Crippen LogP contribution in [0.4, 0.5) is 5.69 Å². The predicted octanol–water partition coefficient (Wildman–Crippen LogP) is 1.18. The van der Waals surface area contributed by atoms with Crippen LogP contribution in [-0.2, 0) is 9.53 Å². The average molecular weight is 370 g/mol. The third kappa shape index (κ3) is 3.34. The second-order valence-corrected chi connectivity index (χ2v) is 5.95. The van der Waals surface area contributed by atoms with Crippen LogP contribution in [0.25, 0.3) is 0 Å². The summed E-state index contributed by atoms with van der Waals surface area (Å²) < 4.78 is 4.86. The maximum Gasteiger partial charge on any atom is 0.319 e. The molecule has 0 spiro atoms. The molecule has 27 heavy (non-hydrogen) atoms. The van der Waals surface area contributed by atoms with E-state index >= 15 is 0 Å². The molecule has 0 atom stereocenters. The summed E-state index contributed by atoms with van der Waals surface area (Å²) >= 11 is 0. The number of aromatic hydroxyl groups is 2. The zero-order valence-corrected chi connectivity index (χ0v) is 14.3. The Labute approximate surface area is 154 Å². The van der Waals surface area contributed by atoms with E-state index in [9.17, 15) is 24.6 Å². The van der Waals surface area contributed by atoms with Crippen molar-refractivity contribution < 1.29 is 29.3 Å². The van der Waals surface area contributed by atoms with Crippen molar-refractivity contribution in [3.63, 3.8) is 0 Å². The van der Waals surface area contributed by atoms with Crippen molar-refractivity contribution in [2.75, 3.05) is 25.0 Å². The second-order valence-electron chi connectivity index (χ2n) is 5.95. The van der Waals surface area contributed by atoms with Crippen LogP contribution in [0, 0.1) is 0 Å². The molecule has 1 aliphatic rings. The molecule has 0 saturated heterocycles. The van der Waals surface area contributed by atoms with Crippen molar-refractivity contribution >= 4 is 23.2 Å². The van der Waals surface area contributed by atoms with Crippen molar-refractivity contribution in [3.8, 4) is 11.5 Å². The summed E-state index contributed by atoms with van der Waals surface area (Å²) in [5.74, 6) is -2.19. The quantitative estimate of drug-likeness (QED) is 0.288. The van der Waals surface area contributed by atoms with E-state index in [0.717, 1.165) is 0 Å². The Morgan fingerprint density at radius 2 is 1.74 bits per heavy atom. The molecular formula is C19H18N2O6. The van der Waals surface area contributed by atoms with E-state index in [-0.39, 0.29) is 46.9 Å². The largest absolute Gasteiger partial charge is 0.507 e. The number of rotatable bonds is 6. The Morgan fingerprint density at radius 1 is 1.00 bits per heavy atom. The van der Waals surface area contributed by atoms with Crippen LogP contribution in [0.15, 0.2) is 30.3 Å². The van der Waals surface area contributed by atoms with Crippen molar-refractivity contribution in [2.24, 2.45) is 5.73 Å². The summed E-state index contributed by atoms with van der Waals surface area (Å²) in [6.07, 6.45) is 0.450. The molecule has 0 radical (unpaired) electrons. The molecule has 0 unspecified atom stereocenters. The predicted molar refractivity (Wildman–Crippen MR) is 96.2 cm³/mol. The molecule has 0 aliphatic heterocycles. The average Bonchev–Trinajstić information content (AvgIpc) is 2.66. The van der Waals surface area contributed by atoms with Gasteiger partial charge in [-0.15, -0.1) is 0 Å². The van der Waals surface area contributed by atoms with Crippen LogP contribution in [-0.4, -0.2) is 47.4 Å². The highest BCUT2D eigenvalue weighted by Gasteiger charge is 2.35. The molecule has 3 rings (SSSR count). The number of benzene rings is 2. The number of esters is 1. The van der Waals surface area contributed by atoms with Gasteiger partial charge >= 0.3 is 5.97 Å². The van der Waals surface area contributed by atoms with Gasteiger partial charge in [-0.3, -0.25) is 14.4 Å². The number of phenolic OH excluding ortho intramolecular Hbond substituents is 2. The molecule has 0 saturated carbocycles. The van der Waals surface area contributed by atoms with Gasteiger partial charge in [-0.1, -0.05) is 12.1 Å². The smallest absolute Gasteiger partial charge is 0.319 e. The second kappa shape index (κ2) is 7.46. The van der Waals surface area contributed by atoms with Gasteiger partial charge in [-0.05, 0) is 24.6 Å². The molecule has 5 N–H and O–H groups in total. The van der Waals surface area contributed by atoms with Gasteiger partial charge in [0.2, 0.25) is 0 Å². The van der Waals surface area contributed by atoms with E-state index in [1.165, 1.54) is 30.3 Å². The highest BCUT2D eigenvalue weighted by atomic mass is 16.5. The summed E-state index contributed by atoms with van der Waals surface area (Å²) in [5.41, 5.74) is 5.37. The molecule has 0 bridgehead atoms. The van der Waals surface area contributed by atoms with Gasteiger partial charge in [-0.2, -0.15) is 0 Å². The Bertz CT molecular complexity index is 938. The first-order valence-electron chi connectivity index (χ1n) is 8.32. The Hall–Kier alpha value is -3.39. The summed E-state index contributed by atoms with van der Waals surface area (Å²) in [6.45, 7) is 0.308. The van der Waals surface area contributed by atoms with E-state index in [4.69, 9.17) is 10.5 Å². The minimum atomic E-state index is -0.550. The van der Waals surface area contributed by atoms with Gasteiger partial charge in [0, 0.05) is 17.8 Å². The van der Waals surface area contributed by atoms with Crippen LogP contribution in [0.1, 0.15) is 38.3 Å². The van der Waals surface area contributed by atoms with Gasteiger partial charge in [0.05, 0.1) is 29.8 Å². The number of hydrogen-bond acceptors (Lipinski definition) is 8. The van der Waals surface area contributed by atoms with E-state index in [0.29, 0.717) is 18.7 Å². The SMILES string of the molecule is NCC(=O)OCCCNc1ccc(O)c2c1C(=O)c1c(O)cccc1C2=O. The van der Waals surface area contributed by atoms with E-state index in [1.54, 1.807) is 0 Å². The van der Waals surface area contributed by atoms with Crippen LogP contribution >= 0.6 is 0 Å². The molecule has 2 aromatic carbocycles. The number of nitrogens with one attached hydrogen (secondary N) is 1. The molecule has 1 aliphatic carbocycles. The highest BCUT2D eigenvalue weighted by Crippen LogP contribution is 2.39. The van der Waals surface area contributed by atoms with Gasteiger partial charge < -0.3 is 26.0 Å². The number of hydrogen-bond donors (Lipinski definition) is 4. The van der Waals surface area contributed by atoms with Crippen molar-refractivity contribution in [1.82, 2.24) is 0 Å². The fourth-order valence-electron chi connectivity index (χ4n) is 2.97. The summed E-state index contributed by atoms with van der Waals surface area (Å²) in [5, 5.41) is 23.2. The fourth-order valence-corrected chi connectivity index (χ4v) is 2.97. The fraction of sp³-hybridized carbons (Fsp3) is 0.211. The lowest BCUT2D eigenvalue weighted by molar-refractivity contribution is -0.141. The van der Waals surface area contributed by atoms with Crippen molar-refractivity contribution in [2.45, 2.75) is 6.42 Å². The molecular weight excluding hydrogens is 352 g/mol. The third-order valence-corrected chi connectivity index (χ3v) is 4.22. The molecule has 0 heterocycles. The summed E-state index contributed by atoms with van der Waals surface area (Å²) in [7, 11) is 0. The number of anilines is 1. The van der Waals surface area contributed by atoms with Gasteiger partial charge in [0.1, 0.15) is 11.5 Å². The van der Waals surface area contributed by atoms with Crippen LogP contribution in [0.3, 0.4) is 0 Å².